The van der Waals surface area contributed by atoms with Crippen molar-refractivity contribution in [1.82, 2.24) is 19.9 Å². The number of benzene rings is 1. The van der Waals surface area contributed by atoms with E-state index < -0.39 is 17.6 Å². The van der Waals surface area contributed by atoms with Crippen molar-refractivity contribution >= 4 is 46.2 Å². The van der Waals surface area contributed by atoms with Crippen LogP contribution in [0.15, 0.2) is 36.8 Å². The topological polar surface area (TPSA) is 83.5 Å². The monoisotopic (exact) mass is 562 g/mol. The first kappa shape index (κ1) is 25.6. The average Bonchev–Trinajstić information content (AvgIpc) is 3.49. The van der Waals surface area contributed by atoms with Gasteiger partial charge in [0, 0.05) is 50.2 Å². The predicted octanol–water partition coefficient (Wildman–Crippen LogP) is 5.10. The van der Waals surface area contributed by atoms with Gasteiger partial charge >= 0.3 is 0 Å². The minimum Gasteiger partial charge on any atom is -0.492 e. The van der Waals surface area contributed by atoms with E-state index in [0.29, 0.717) is 13.1 Å². The van der Waals surface area contributed by atoms with Gasteiger partial charge in [0.25, 0.3) is 0 Å². The molecule has 2 saturated heterocycles. The zero-order chi connectivity index (χ0) is 27.3. The Morgan fingerprint density at radius 3 is 2.72 bits per heavy atom. The Morgan fingerprint density at radius 1 is 1.18 bits per heavy atom. The van der Waals surface area contributed by atoms with Crippen molar-refractivity contribution < 1.29 is 27.1 Å². The van der Waals surface area contributed by atoms with Crippen LogP contribution in [0.5, 0.6) is 5.75 Å². The van der Waals surface area contributed by atoms with Crippen LogP contribution in [-0.2, 0) is 4.79 Å². The summed E-state index contributed by atoms with van der Waals surface area (Å²) in [7, 11) is 0. The van der Waals surface area contributed by atoms with E-state index in [1.54, 1.807) is 6.20 Å². The summed E-state index contributed by atoms with van der Waals surface area (Å²) in [6, 6.07) is 4.25. The molecule has 0 radical (unpaired) electrons. The predicted molar refractivity (Wildman–Crippen MR) is 137 cm³/mol. The minimum atomic E-state index is -2.67. The number of aldehydes is 1. The highest BCUT2D eigenvalue weighted by Gasteiger charge is 2.45. The third kappa shape index (κ3) is 4.81. The number of rotatable bonds is 8. The number of carbonyl (C=O) groups is 1. The van der Waals surface area contributed by atoms with Crippen LogP contribution in [0, 0.1) is 17.6 Å². The number of ether oxygens (including phenoxy) is 1. The number of nitrogens with one attached hydrogen (secondary N) is 1. The lowest BCUT2D eigenvalue weighted by Crippen LogP contribution is -2.44. The molecule has 39 heavy (non-hydrogen) atoms. The lowest BCUT2D eigenvalue weighted by Gasteiger charge is -2.34. The molecule has 2 bridgehead atoms. The summed E-state index contributed by atoms with van der Waals surface area (Å²) in [5.74, 6) is -3.98. The Balaban J connectivity index is 1.22. The number of halogens is 5. The number of hydrogen-bond donors (Lipinski definition) is 1. The molecular formula is C26H23ClF4N6O2. The zero-order valence-corrected chi connectivity index (χ0v) is 21.2. The molecule has 0 unspecified atom stereocenters. The largest absolute Gasteiger partial charge is 0.492 e. The van der Waals surface area contributed by atoms with Gasteiger partial charge in [-0.1, -0.05) is 11.6 Å². The Morgan fingerprint density at radius 2 is 2.00 bits per heavy atom. The fourth-order valence-corrected chi connectivity index (χ4v) is 5.73. The van der Waals surface area contributed by atoms with Crippen molar-refractivity contribution in [2.75, 3.05) is 29.9 Å². The number of hydrogen-bond acceptors (Lipinski definition) is 8. The van der Waals surface area contributed by atoms with E-state index in [1.807, 2.05) is 4.90 Å². The molecule has 204 valence electrons. The third-order valence-corrected chi connectivity index (χ3v) is 7.76. The van der Waals surface area contributed by atoms with Gasteiger partial charge < -0.3 is 19.9 Å². The molecule has 1 saturated carbocycles. The van der Waals surface area contributed by atoms with E-state index in [9.17, 15) is 13.6 Å². The molecule has 3 fully saturated rings. The lowest BCUT2D eigenvalue weighted by atomic mass is 9.82. The highest BCUT2D eigenvalue weighted by atomic mass is 35.5. The molecule has 3 aliphatic rings. The van der Waals surface area contributed by atoms with E-state index >= 15 is 8.78 Å². The average molecular weight is 563 g/mol. The highest BCUT2D eigenvalue weighted by molar-refractivity contribution is 6.32. The van der Waals surface area contributed by atoms with Gasteiger partial charge in [0.15, 0.2) is 23.3 Å². The Bertz CT molecular complexity index is 1470. The van der Waals surface area contributed by atoms with E-state index in [0.717, 1.165) is 12.7 Å². The van der Waals surface area contributed by atoms with Gasteiger partial charge in [-0.05, 0) is 24.6 Å². The summed E-state index contributed by atoms with van der Waals surface area (Å²) < 4.78 is 61.9. The molecule has 1 aliphatic carbocycles. The molecule has 1 aromatic carbocycles. The fraction of sp³-hybridized carbons (Fsp3) is 0.385. The molecular weight excluding hydrogens is 540 g/mol. The van der Waals surface area contributed by atoms with Crippen LogP contribution >= 0.6 is 11.6 Å². The van der Waals surface area contributed by atoms with Gasteiger partial charge in [-0.25, -0.2) is 32.5 Å². The van der Waals surface area contributed by atoms with Gasteiger partial charge in [-0.3, -0.25) is 4.79 Å². The first-order valence-corrected chi connectivity index (χ1v) is 12.8. The van der Waals surface area contributed by atoms with Crippen molar-refractivity contribution in [3.63, 3.8) is 0 Å². The quantitative estimate of drug-likeness (QED) is 0.231. The van der Waals surface area contributed by atoms with Crippen LogP contribution in [0.1, 0.15) is 19.3 Å². The number of piperazine rings is 1. The minimum absolute atomic E-state index is 0.0137. The number of alkyl halides is 2. The summed E-state index contributed by atoms with van der Waals surface area (Å²) in [5, 5.41) is 2.56. The number of nitrogens with zero attached hydrogens (tertiary/aromatic N) is 5. The molecule has 13 heteroatoms. The van der Waals surface area contributed by atoms with Crippen LogP contribution in [0.25, 0.3) is 11.0 Å². The SMILES string of the molecule is O=C/C=C/N1C[C@@H]2C[C@H]1CN2c1nc2c(Nc3ccc(OCC4CC(F)(F)C4)c(Cl)c3F)ncnc2cc1F. The van der Waals surface area contributed by atoms with E-state index in [4.69, 9.17) is 16.3 Å². The number of pyridine rings is 1. The molecule has 6 rings (SSSR count). The number of fused-ring (bicyclic) bond motifs is 3. The maximum atomic E-state index is 15.1. The normalized spacial score (nSPS) is 22.1. The van der Waals surface area contributed by atoms with Crippen molar-refractivity contribution in [3.05, 3.63) is 53.5 Å². The molecule has 2 aromatic heterocycles. The first-order valence-electron chi connectivity index (χ1n) is 12.4. The van der Waals surface area contributed by atoms with E-state index in [2.05, 4.69) is 25.2 Å². The Hall–Kier alpha value is -3.67. The summed E-state index contributed by atoms with van der Waals surface area (Å²) in [6.45, 7) is 1.18. The van der Waals surface area contributed by atoms with Crippen LogP contribution < -0.4 is 15.0 Å². The zero-order valence-electron chi connectivity index (χ0n) is 20.5. The van der Waals surface area contributed by atoms with Gasteiger partial charge in [0.05, 0.1) is 23.9 Å². The molecule has 1 N–H and O–H groups in total. The van der Waals surface area contributed by atoms with Crippen molar-refractivity contribution in [3.8, 4) is 5.75 Å². The summed E-state index contributed by atoms with van der Waals surface area (Å²) in [6.07, 6.45) is 5.39. The van der Waals surface area contributed by atoms with Gasteiger partial charge in [-0.2, -0.15) is 0 Å². The van der Waals surface area contributed by atoms with Crippen molar-refractivity contribution in [2.24, 2.45) is 5.92 Å². The second-order valence-electron chi connectivity index (χ2n) is 10.1. The van der Waals surface area contributed by atoms with E-state index in [1.165, 1.54) is 30.6 Å². The molecule has 0 amide bonds. The molecule has 4 heterocycles. The number of carbonyl (C=O) groups excluding carboxylic acids is 1. The number of aromatic nitrogens is 3. The Labute approximate surface area is 225 Å². The number of allylic oxidation sites excluding steroid dienone is 1. The molecule has 2 aliphatic heterocycles. The van der Waals surface area contributed by atoms with Gasteiger partial charge in [-0.15, -0.1) is 0 Å². The second-order valence-corrected chi connectivity index (χ2v) is 10.4. The molecule has 3 aromatic rings. The Kier molecular flexibility index (Phi) is 6.44. The van der Waals surface area contributed by atoms with Crippen LogP contribution in [0.3, 0.4) is 0 Å². The van der Waals surface area contributed by atoms with Gasteiger partial charge in [0.2, 0.25) is 5.92 Å². The summed E-state index contributed by atoms with van der Waals surface area (Å²) in [5.41, 5.74) is 0.460. The fourth-order valence-electron chi connectivity index (χ4n) is 5.51. The van der Waals surface area contributed by atoms with Crippen LogP contribution in [-0.4, -0.2) is 63.8 Å². The van der Waals surface area contributed by atoms with Gasteiger partial charge in [0.1, 0.15) is 28.9 Å². The number of anilines is 3. The third-order valence-electron chi connectivity index (χ3n) is 7.41. The maximum Gasteiger partial charge on any atom is 0.248 e. The van der Waals surface area contributed by atoms with E-state index in [-0.39, 0.29) is 76.6 Å². The first-order chi connectivity index (χ1) is 18.7. The van der Waals surface area contributed by atoms with Crippen LogP contribution in [0.2, 0.25) is 5.02 Å². The lowest BCUT2D eigenvalue weighted by molar-refractivity contribution is -0.119. The summed E-state index contributed by atoms with van der Waals surface area (Å²) >= 11 is 6.17. The maximum absolute atomic E-state index is 15.1. The smallest absolute Gasteiger partial charge is 0.248 e. The standard InChI is InChI=1S/C26H23ClF4N6O2/c27-21-20(39-12-14-8-26(30,31)9-14)3-2-18(22(21)29)34-24-23-19(32-13-33-24)7-17(28)25(35-23)37-11-15-6-16(37)10-36(15)4-1-5-38/h1-5,7,13-16H,6,8-12H2,(H,32,33,34)/b4-1+/t15-,16-/m0/s1. The summed E-state index contributed by atoms with van der Waals surface area (Å²) in [4.78, 5) is 27.5. The second kappa shape index (κ2) is 9.82. The van der Waals surface area contributed by atoms with Crippen molar-refractivity contribution in [2.45, 2.75) is 37.3 Å². The molecule has 0 spiro atoms. The van der Waals surface area contributed by atoms with Crippen molar-refractivity contribution in [1.29, 1.82) is 0 Å². The molecule has 8 nitrogen and oxygen atoms in total. The highest BCUT2D eigenvalue weighted by Crippen LogP contribution is 2.43. The molecule has 2 atom stereocenters. The number of likely N-dealkylation sites (tertiary alicyclic amines) is 1. The van der Waals surface area contributed by atoms with Crippen LogP contribution in [0.4, 0.5) is 34.9 Å².